The molecular formula is C16H20Br2N2O. The Balaban J connectivity index is 1.96. The van der Waals surface area contributed by atoms with Crippen molar-refractivity contribution in [3.63, 3.8) is 0 Å². The van der Waals surface area contributed by atoms with Crippen LogP contribution in [0.25, 0.3) is 10.9 Å². The number of nitrogens with zero attached hydrogens (tertiary/aromatic N) is 1. The van der Waals surface area contributed by atoms with Crippen molar-refractivity contribution in [1.29, 1.82) is 0 Å². The molecule has 0 aliphatic heterocycles. The number of halogens is 2. The van der Waals surface area contributed by atoms with Crippen molar-refractivity contribution in [2.45, 2.75) is 26.2 Å². The predicted molar refractivity (Wildman–Crippen MR) is 95.0 cm³/mol. The van der Waals surface area contributed by atoms with Crippen LogP contribution in [-0.2, 0) is 0 Å². The van der Waals surface area contributed by atoms with Crippen molar-refractivity contribution in [3.8, 4) is 5.75 Å². The summed E-state index contributed by atoms with van der Waals surface area (Å²) in [6.45, 7) is 4.75. The first kappa shape index (κ1) is 16.7. The quantitative estimate of drug-likeness (QED) is 0.621. The number of fused-ring (bicyclic) bond motifs is 1. The summed E-state index contributed by atoms with van der Waals surface area (Å²) in [5, 5.41) is 4.46. The lowest BCUT2D eigenvalue weighted by molar-refractivity contribution is 0.315. The van der Waals surface area contributed by atoms with Crippen LogP contribution in [0.1, 0.15) is 26.2 Å². The number of ether oxygens (including phenoxy) is 1. The lowest BCUT2D eigenvalue weighted by Gasteiger charge is -2.12. The molecule has 0 fully saturated rings. The number of hydrogen-bond acceptors (Lipinski definition) is 3. The van der Waals surface area contributed by atoms with E-state index in [0.29, 0.717) is 6.61 Å². The third-order valence-corrected chi connectivity index (χ3v) is 4.48. The fourth-order valence-electron chi connectivity index (χ4n) is 2.13. The molecule has 0 bridgehead atoms. The topological polar surface area (TPSA) is 34.1 Å². The van der Waals surface area contributed by atoms with Crippen molar-refractivity contribution in [2.75, 3.05) is 19.7 Å². The number of aromatic nitrogens is 1. The minimum absolute atomic E-state index is 0.637. The van der Waals surface area contributed by atoms with E-state index in [0.717, 1.165) is 38.7 Å². The van der Waals surface area contributed by atoms with Crippen LogP contribution >= 0.6 is 31.9 Å². The fourth-order valence-corrected chi connectivity index (χ4v) is 3.52. The molecule has 1 N–H and O–H groups in total. The first-order valence-corrected chi connectivity index (χ1v) is 8.89. The van der Waals surface area contributed by atoms with Gasteiger partial charge in [0.05, 0.1) is 4.47 Å². The van der Waals surface area contributed by atoms with Gasteiger partial charge in [-0.2, -0.15) is 0 Å². The molecule has 0 saturated carbocycles. The molecule has 21 heavy (non-hydrogen) atoms. The summed E-state index contributed by atoms with van der Waals surface area (Å²) in [4.78, 5) is 4.44. The molecule has 0 atom stereocenters. The molecule has 3 nitrogen and oxygen atoms in total. The molecule has 114 valence electrons. The van der Waals surface area contributed by atoms with Crippen LogP contribution in [0, 0.1) is 0 Å². The van der Waals surface area contributed by atoms with Gasteiger partial charge in [-0.1, -0.05) is 41.8 Å². The highest BCUT2D eigenvalue weighted by Crippen LogP contribution is 2.37. The first-order valence-electron chi connectivity index (χ1n) is 7.30. The van der Waals surface area contributed by atoms with Crippen LogP contribution in [-0.4, -0.2) is 24.7 Å². The molecule has 0 aliphatic carbocycles. The average Bonchev–Trinajstić information content (AvgIpc) is 2.49. The zero-order valence-electron chi connectivity index (χ0n) is 12.2. The van der Waals surface area contributed by atoms with Gasteiger partial charge in [-0.3, -0.25) is 4.98 Å². The lowest BCUT2D eigenvalue weighted by atomic mass is 10.2. The Hall–Kier alpha value is -0.650. The van der Waals surface area contributed by atoms with Crippen LogP contribution in [0.2, 0.25) is 0 Å². The monoisotopic (exact) mass is 414 g/mol. The van der Waals surface area contributed by atoms with E-state index in [1.54, 1.807) is 6.20 Å². The maximum atomic E-state index is 5.92. The highest BCUT2D eigenvalue weighted by molar-refractivity contribution is 9.11. The van der Waals surface area contributed by atoms with Crippen LogP contribution in [0.5, 0.6) is 5.75 Å². The van der Waals surface area contributed by atoms with Gasteiger partial charge < -0.3 is 10.1 Å². The van der Waals surface area contributed by atoms with Gasteiger partial charge in [0.15, 0.2) is 5.75 Å². The number of benzene rings is 1. The average molecular weight is 416 g/mol. The molecule has 0 spiro atoms. The molecule has 1 aromatic heterocycles. The minimum atomic E-state index is 0.637. The zero-order chi connectivity index (χ0) is 15.1. The van der Waals surface area contributed by atoms with E-state index in [9.17, 15) is 0 Å². The second-order valence-corrected chi connectivity index (χ2v) is 6.58. The fraction of sp³-hybridized carbons (Fsp3) is 0.438. The Kier molecular flexibility index (Phi) is 6.93. The van der Waals surface area contributed by atoms with Gasteiger partial charge in [-0.25, -0.2) is 0 Å². The number of nitrogens with one attached hydrogen (secondary N) is 1. The minimum Gasteiger partial charge on any atom is -0.489 e. The van der Waals surface area contributed by atoms with Gasteiger partial charge in [0, 0.05) is 22.6 Å². The van der Waals surface area contributed by atoms with Crippen LogP contribution in [0.3, 0.4) is 0 Å². The largest absolute Gasteiger partial charge is 0.489 e. The summed E-state index contributed by atoms with van der Waals surface area (Å²) < 4.78 is 7.86. The summed E-state index contributed by atoms with van der Waals surface area (Å²) in [5.41, 5.74) is 0.879. The number of unbranched alkanes of at least 4 members (excludes halogenated alkanes) is 2. The van der Waals surface area contributed by atoms with Crippen molar-refractivity contribution < 1.29 is 4.74 Å². The van der Waals surface area contributed by atoms with E-state index in [1.165, 1.54) is 19.3 Å². The lowest BCUT2D eigenvalue weighted by Crippen LogP contribution is -2.22. The summed E-state index contributed by atoms with van der Waals surface area (Å²) in [7, 11) is 0. The van der Waals surface area contributed by atoms with E-state index in [-0.39, 0.29) is 0 Å². The number of hydrogen-bond donors (Lipinski definition) is 1. The molecule has 2 aromatic rings. The van der Waals surface area contributed by atoms with E-state index in [4.69, 9.17) is 4.74 Å². The van der Waals surface area contributed by atoms with Crippen LogP contribution in [0.4, 0.5) is 0 Å². The van der Waals surface area contributed by atoms with E-state index in [2.05, 4.69) is 49.1 Å². The van der Waals surface area contributed by atoms with Gasteiger partial charge in [-0.05, 0) is 41.0 Å². The summed E-state index contributed by atoms with van der Waals surface area (Å²) >= 11 is 7.12. The van der Waals surface area contributed by atoms with E-state index >= 15 is 0 Å². The molecule has 0 saturated heterocycles. The normalized spacial score (nSPS) is 11.0. The third-order valence-electron chi connectivity index (χ3n) is 3.23. The summed E-state index contributed by atoms with van der Waals surface area (Å²) in [6.07, 6.45) is 5.54. The van der Waals surface area contributed by atoms with E-state index < -0.39 is 0 Å². The summed E-state index contributed by atoms with van der Waals surface area (Å²) in [6, 6.07) is 5.98. The Morgan fingerprint density at radius 2 is 2.05 bits per heavy atom. The smallest absolute Gasteiger partial charge is 0.159 e. The van der Waals surface area contributed by atoms with Gasteiger partial charge in [0.2, 0.25) is 0 Å². The second kappa shape index (κ2) is 8.71. The molecule has 0 radical (unpaired) electrons. The third kappa shape index (κ3) is 4.66. The molecule has 1 aromatic carbocycles. The van der Waals surface area contributed by atoms with Crippen molar-refractivity contribution in [2.24, 2.45) is 0 Å². The second-order valence-electron chi connectivity index (χ2n) is 4.87. The number of pyridine rings is 1. The van der Waals surface area contributed by atoms with Gasteiger partial charge in [0.1, 0.15) is 12.1 Å². The van der Waals surface area contributed by atoms with Gasteiger partial charge in [0.25, 0.3) is 0 Å². The zero-order valence-corrected chi connectivity index (χ0v) is 15.3. The maximum Gasteiger partial charge on any atom is 0.159 e. The Labute approximate surface area is 142 Å². The maximum absolute atomic E-state index is 5.92. The molecule has 1 heterocycles. The first-order chi connectivity index (χ1) is 10.2. The van der Waals surface area contributed by atoms with Crippen LogP contribution < -0.4 is 10.1 Å². The Morgan fingerprint density at radius 3 is 2.86 bits per heavy atom. The summed E-state index contributed by atoms with van der Waals surface area (Å²) in [5.74, 6) is 0.809. The van der Waals surface area contributed by atoms with E-state index in [1.807, 2.05) is 18.2 Å². The Morgan fingerprint density at radius 1 is 1.19 bits per heavy atom. The van der Waals surface area contributed by atoms with Crippen LogP contribution in [0.15, 0.2) is 33.3 Å². The molecule has 2 rings (SSSR count). The van der Waals surface area contributed by atoms with Gasteiger partial charge in [-0.15, -0.1) is 0 Å². The van der Waals surface area contributed by atoms with Gasteiger partial charge >= 0.3 is 0 Å². The SMILES string of the molecule is CCCCCNCCOc1c(Br)cc(Br)c2cccnc12. The molecule has 0 aliphatic rings. The Bertz CT molecular complexity index is 590. The predicted octanol–water partition coefficient (Wildman–Crippen LogP) is 4.92. The standard InChI is InChI=1S/C16H20Br2N2O/c1-2-3-4-7-19-9-10-21-16-14(18)11-13(17)12-6-5-8-20-15(12)16/h5-6,8,11,19H,2-4,7,9-10H2,1H3. The van der Waals surface area contributed by atoms with Crippen molar-refractivity contribution >= 4 is 42.8 Å². The van der Waals surface area contributed by atoms with Crippen molar-refractivity contribution in [1.82, 2.24) is 10.3 Å². The molecule has 0 amide bonds. The van der Waals surface area contributed by atoms with Crippen molar-refractivity contribution in [3.05, 3.63) is 33.3 Å². The molecular weight excluding hydrogens is 396 g/mol. The highest BCUT2D eigenvalue weighted by Gasteiger charge is 2.11. The molecule has 5 heteroatoms. The molecule has 0 unspecified atom stereocenters. The highest BCUT2D eigenvalue weighted by atomic mass is 79.9. The number of rotatable bonds is 8.